The van der Waals surface area contributed by atoms with Gasteiger partial charge in [0.15, 0.2) is 0 Å². The quantitative estimate of drug-likeness (QED) is 0.780. The standard InChI is InChI=1S/C16H23N/c1-14(2,3)12-4-6-13(7-5-12)16(17)10-15(11-16)8-9-15/h4-7H,8-11,17H2,1-3H3. The van der Waals surface area contributed by atoms with Gasteiger partial charge in [0, 0.05) is 5.54 Å². The summed E-state index contributed by atoms with van der Waals surface area (Å²) < 4.78 is 0. The summed E-state index contributed by atoms with van der Waals surface area (Å²) in [6, 6.07) is 9.00. The van der Waals surface area contributed by atoms with Crippen LogP contribution in [0.15, 0.2) is 24.3 Å². The second-order valence-corrected chi connectivity index (χ2v) is 7.34. The van der Waals surface area contributed by atoms with Gasteiger partial charge in [-0.25, -0.2) is 0 Å². The van der Waals surface area contributed by atoms with Gasteiger partial charge in [0.05, 0.1) is 0 Å². The first-order valence-electron chi connectivity index (χ1n) is 6.73. The molecule has 1 nitrogen and oxygen atoms in total. The maximum absolute atomic E-state index is 6.50. The van der Waals surface area contributed by atoms with Crippen molar-refractivity contribution in [3.8, 4) is 0 Å². The van der Waals surface area contributed by atoms with Crippen LogP contribution in [0, 0.1) is 5.41 Å². The Morgan fingerprint density at radius 2 is 1.53 bits per heavy atom. The molecule has 0 saturated heterocycles. The molecule has 0 aromatic heterocycles. The van der Waals surface area contributed by atoms with Crippen molar-refractivity contribution >= 4 is 0 Å². The Morgan fingerprint density at radius 3 is 1.94 bits per heavy atom. The van der Waals surface area contributed by atoms with E-state index in [2.05, 4.69) is 45.0 Å². The van der Waals surface area contributed by atoms with Gasteiger partial charge in [0.25, 0.3) is 0 Å². The lowest BCUT2D eigenvalue weighted by atomic mass is 9.63. The molecule has 2 aliphatic carbocycles. The molecular weight excluding hydrogens is 206 g/mol. The third-order valence-electron chi connectivity index (χ3n) is 4.66. The molecule has 0 radical (unpaired) electrons. The monoisotopic (exact) mass is 229 g/mol. The van der Waals surface area contributed by atoms with Crippen LogP contribution < -0.4 is 5.73 Å². The van der Waals surface area contributed by atoms with Gasteiger partial charge in [0.1, 0.15) is 0 Å². The first-order valence-corrected chi connectivity index (χ1v) is 6.73. The summed E-state index contributed by atoms with van der Waals surface area (Å²) in [5.74, 6) is 0. The molecule has 3 rings (SSSR count). The minimum absolute atomic E-state index is 0.0209. The van der Waals surface area contributed by atoms with Crippen molar-refractivity contribution < 1.29 is 0 Å². The van der Waals surface area contributed by atoms with Gasteiger partial charge in [-0.15, -0.1) is 0 Å². The first kappa shape index (κ1) is 11.3. The molecule has 0 atom stereocenters. The Labute approximate surface area is 104 Å². The molecule has 0 unspecified atom stereocenters. The van der Waals surface area contributed by atoms with Crippen molar-refractivity contribution in [2.45, 2.75) is 57.4 Å². The van der Waals surface area contributed by atoms with Gasteiger partial charge in [-0.2, -0.15) is 0 Å². The second-order valence-electron chi connectivity index (χ2n) is 7.34. The third-order valence-corrected chi connectivity index (χ3v) is 4.66. The molecule has 2 N–H and O–H groups in total. The number of rotatable bonds is 1. The summed E-state index contributed by atoms with van der Waals surface area (Å²) in [7, 11) is 0. The maximum Gasteiger partial charge on any atom is 0.0420 e. The van der Waals surface area contributed by atoms with E-state index in [0.717, 1.165) is 0 Å². The highest BCUT2D eigenvalue weighted by atomic mass is 14.8. The van der Waals surface area contributed by atoms with E-state index in [0.29, 0.717) is 5.41 Å². The Kier molecular flexibility index (Phi) is 2.08. The SMILES string of the molecule is CC(C)(C)c1ccc(C2(N)CC3(CC3)C2)cc1. The van der Waals surface area contributed by atoms with Gasteiger partial charge in [-0.05, 0) is 47.6 Å². The summed E-state index contributed by atoms with van der Waals surface area (Å²) >= 11 is 0. The van der Waals surface area contributed by atoms with Crippen LogP contribution in [-0.4, -0.2) is 0 Å². The lowest BCUT2D eigenvalue weighted by Gasteiger charge is -2.46. The Balaban J connectivity index is 1.81. The van der Waals surface area contributed by atoms with Crippen LogP contribution >= 0.6 is 0 Å². The molecule has 0 heterocycles. The minimum Gasteiger partial charge on any atom is -0.321 e. The third kappa shape index (κ3) is 1.81. The summed E-state index contributed by atoms with van der Waals surface area (Å²) in [6.07, 6.45) is 5.22. The molecule has 2 fully saturated rings. The fraction of sp³-hybridized carbons (Fsp3) is 0.625. The van der Waals surface area contributed by atoms with E-state index < -0.39 is 0 Å². The van der Waals surface area contributed by atoms with Gasteiger partial charge in [0.2, 0.25) is 0 Å². The van der Waals surface area contributed by atoms with E-state index >= 15 is 0 Å². The van der Waals surface area contributed by atoms with Crippen LogP contribution in [0.5, 0.6) is 0 Å². The van der Waals surface area contributed by atoms with Crippen molar-refractivity contribution in [1.29, 1.82) is 0 Å². The lowest BCUT2D eigenvalue weighted by Crippen LogP contribution is -2.50. The molecule has 0 aliphatic heterocycles. The summed E-state index contributed by atoms with van der Waals surface area (Å²) in [5, 5.41) is 0. The molecule has 1 aromatic carbocycles. The van der Waals surface area contributed by atoms with E-state index in [1.54, 1.807) is 0 Å². The molecule has 17 heavy (non-hydrogen) atoms. The molecule has 2 saturated carbocycles. The fourth-order valence-corrected chi connectivity index (χ4v) is 3.32. The van der Waals surface area contributed by atoms with Crippen LogP contribution in [0.3, 0.4) is 0 Å². The summed E-state index contributed by atoms with van der Waals surface area (Å²) in [4.78, 5) is 0. The molecule has 92 valence electrons. The Morgan fingerprint density at radius 1 is 1.00 bits per heavy atom. The van der Waals surface area contributed by atoms with E-state index in [1.807, 2.05) is 0 Å². The summed E-state index contributed by atoms with van der Waals surface area (Å²) in [6.45, 7) is 6.76. The van der Waals surface area contributed by atoms with Crippen LogP contribution in [-0.2, 0) is 11.0 Å². The van der Waals surface area contributed by atoms with Gasteiger partial charge in [-0.3, -0.25) is 0 Å². The van der Waals surface area contributed by atoms with Gasteiger partial charge >= 0.3 is 0 Å². The van der Waals surface area contributed by atoms with Crippen molar-refractivity contribution in [2.75, 3.05) is 0 Å². The van der Waals surface area contributed by atoms with Crippen LogP contribution in [0.1, 0.15) is 57.6 Å². The summed E-state index contributed by atoms with van der Waals surface area (Å²) in [5.41, 5.74) is 10.1. The molecule has 1 spiro atoms. The average molecular weight is 229 g/mol. The van der Waals surface area contributed by atoms with Gasteiger partial charge in [-0.1, -0.05) is 45.0 Å². The lowest BCUT2D eigenvalue weighted by molar-refractivity contribution is 0.125. The maximum atomic E-state index is 6.50. The largest absolute Gasteiger partial charge is 0.321 e. The molecule has 1 aromatic rings. The second kappa shape index (κ2) is 3.14. The molecular formula is C16H23N. The minimum atomic E-state index is -0.0209. The average Bonchev–Trinajstić information content (AvgIpc) is 2.96. The van der Waals surface area contributed by atoms with E-state index in [9.17, 15) is 0 Å². The number of hydrogen-bond donors (Lipinski definition) is 1. The Bertz CT molecular complexity index is 424. The van der Waals surface area contributed by atoms with Crippen LogP contribution in [0.2, 0.25) is 0 Å². The predicted octanol–water partition coefficient (Wildman–Crippen LogP) is 3.71. The zero-order chi connectivity index (χ0) is 12.3. The number of benzene rings is 1. The molecule has 0 amide bonds. The van der Waals surface area contributed by atoms with Crippen molar-refractivity contribution in [3.63, 3.8) is 0 Å². The van der Waals surface area contributed by atoms with Crippen molar-refractivity contribution in [1.82, 2.24) is 0 Å². The first-order chi connectivity index (χ1) is 7.83. The number of hydrogen-bond acceptors (Lipinski definition) is 1. The van der Waals surface area contributed by atoms with Crippen molar-refractivity contribution in [3.05, 3.63) is 35.4 Å². The molecule has 1 heteroatoms. The van der Waals surface area contributed by atoms with E-state index in [1.165, 1.54) is 36.8 Å². The van der Waals surface area contributed by atoms with Crippen LogP contribution in [0.4, 0.5) is 0 Å². The number of nitrogens with two attached hydrogens (primary N) is 1. The zero-order valence-corrected chi connectivity index (χ0v) is 11.2. The van der Waals surface area contributed by atoms with Gasteiger partial charge < -0.3 is 5.73 Å². The van der Waals surface area contributed by atoms with Crippen molar-refractivity contribution in [2.24, 2.45) is 11.1 Å². The zero-order valence-electron chi connectivity index (χ0n) is 11.2. The highest BCUT2D eigenvalue weighted by Crippen LogP contribution is 2.66. The van der Waals surface area contributed by atoms with E-state index in [-0.39, 0.29) is 11.0 Å². The fourth-order valence-electron chi connectivity index (χ4n) is 3.32. The highest BCUT2D eigenvalue weighted by Gasteiger charge is 2.59. The molecule has 0 bridgehead atoms. The highest BCUT2D eigenvalue weighted by molar-refractivity contribution is 5.35. The normalized spacial score (nSPS) is 24.5. The topological polar surface area (TPSA) is 26.0 Å². The van der Waals surface area contributed by atoms with Crippen LogP contribution in [0.25, 0.3) is 0 Å². The Hall–Kier alpha value is -0.820. The smallest absolute Gasteiger partial charge is 0.0420 e. The predicted molar refractivity (Wildman–Crippen MR) is 71.9 cm³/mol. The van der Waals surface area contributed by atoms with E-state index in [4.69, 9.17) is 5.73 Å². The molecule has 2 aliphatic rings.